The van der Waals surface area contributed by atoms with Gasteiger partial charge in [0.1, 0.15) is 0 Å². The molecule has 118 valence electrons. The van der Waals surface area contributed by atoms with E-state index < -0.39 is 6.04 Å². The standard InChI is InChI=1S/C15H19ClN4O2/c1-10-12(8-18-20(10)2)7-17-15(22)19-14(9-21)11-3-5-13(16)6-4-11/h3-6,8,14,21H,7,9H2,1-2H3,(H2,17,19,22). The van der Waals surface area contributed by atoms with E-state index in [1.165, 1.54) is 0 Å². The summed E-state index contributed by atoms with van der Waals surface area (Å²) >= 11 is 5.83. The second-order valence-electron chi connectivity index (χ2n) is 4.99. The van der Waals surface area contributed by atoms with Crippen molar-refractivity contribution in [3.05, 3.63) is 52.3 Å². The third-order valence-corrected chi connectivity index (χ3v) is 3.79. The van der Waals surface area contributed by atoms with E-state index in [4.69, 9.17) is 11.6 Å². The molecule has 2 amide bonds. The number of hydrogen-bond donors (Lipinski definition) is 3. The molecule has 0 spiro atoms. The number of aryl methyl sites for hydroxylation is 1. The lowest BCUT2D eigenvalue weighted by Crippen LogP contribution is -2.38. The predicted molar refractivity (Wildman–Crippen MR) is 84.6 cm³/mol. The highest BCUT2D eigenvalue weighted by molar-refractivity contribution is 6.30. The fourth-order valence-corrected chi connectivity index (χ4v) is 2.16. The number of aliphatic hydroxyl groups excluding tert-OH is 1. The van der Waals surface area contributed by atoms with E-state index in [0.717, 1.165) is 16.8 Å². The minimum atomic E-state index is -0.479. The average Bonchev–Trinajstić information content (AvgIpc) is 2.83. The third-order valence-electron chi connectivity index (χ3n) is 3.54. The molecule has 0 aliphatic carbocycles. The van der Waals surface area contributed by atoms with Crippen LogP contribution in [0.4, 0.5) is 4.79 Å². The molecule has 3 N–H and O–H groups in total. The number of nitrogens with zero attached hydrogens (tertiary/aromatic N) is 2. The van der Waals surface area contributed by atoms with Crippen molar-refractivity contribution < 1.29 is 9.90 Å². The van der Waals surface area contributed by atoms with Crippen LogP contribution in [0, 0.1) is 6.92 Å². The Balaban J connectivity index is 1.92. The normalized spacial score (nSPS) is 12.0. The highest BCUT2D eigenvalue weighted by Crippen LogP contribution is 2.16. The second-order valence-corrected chi connectivity index (χ2v) is 5.43. The quantitative estimate of drug-likeness (QED) is 0.787. The Morgan fingerprint density at radius 1 is 1.41 bits per heavy atom. The fraction of sp³-hybridized carbons (Fsp3) is 0.333. The van der Waals surface area contributed by atoms with E-state index in [1.807, 2.05) is 14.0 Å². The molecule has 0 fully saturated rings. The van der Waals surface area contributed by atoms with Crippen molar-refractivity contribution in [1.29, 1.82) is 0 Å². The van der Waals surface area contributed by atoms with Gasteiger partial charge >= 0.3 is 6.03 Å². The highest BCUT2D eigenvalue weighted by atomic mass is 35.5. The van der Waals surface area contributed by atoms with Gasteiger partial charge in [-0.1, -0.05) is 23.7 Å². The maximum atomic E-state index is 12.0. The zero-order chi connectivity index (χ0) is 16.1. The number of carbonyl (C=O) groups is 1. The summed E-state index contributed by atoms with van der Waals surface area (Å²) < 4.78 is 1.75. The minimum Gasteiger partial charge on any atom is -0.394 e. The summed E-state index contributed by atoms with van der Waals surface area (Å²) in [5.74, 6) is 0. The Bertz CT molecular complexity index is 639. The van der Waals surface area contributed by atoms with E-state index in [-0.39, 0.29) is 12.6 Å². The first kappa shape index (κ1) is 16.3. The van der Waals surface area contributed by atoms with Gasteiger partial charge in [0.25, 0.3) is 0 Å². The summed E-state index contributed by atoms with van der Waals surface area (Å²) in [7, 11) is 1.85. The SMILES string of the molecule is Cc1c(CNC(=O)NC(CO)c2ccc(Cl)cc2)cnn1C. The Kier molecular flexibility index (Phi) is 5.41. The van der Waals surface area contributed by atoms with Crippen LogP contribution >= 0.6 is 11.6 Å². The topological polar surface area (TPSA) is 79.2 Å². The molecule has 0 aliphatic rings. The highest BCUT2D eigenvalue weighted by Gasteiger charge is 2.14. The van der Waals surface area contributed by atoms with Crippen LogP contribution in [0.1, 0.15) is 22.9 Å². The van der Waals surface area contributed by atoms with Crippen molar-refractivity contribution >= 4 is 17.6 Å². The second kappa shape index (κ2) is 7.29. The van der Waals surface area contributed by atoms with Gasteiger partial charge < -0.3 is 15.7 Å². The number of carbonyl (C=O) groups excluding carboxylic acids is 1. The van der Waals surface area contributed by atoms with Crippen LogP contribution in [0.3, 0.4) is 0 Å². The Labute approximate surface area is 134 Å². The molecule has 1 aromatic carbocycles. The molecule has 1 atom stereocenters. The molecule has 2 aromatic rings. The van der Waals surface area contributed by atoms with Gasteiger partial charge in [-0.25, -0.2) is 4.79 Å². The third kappa shape index (κ3) is 3.99. The molecule has 2 rings (SSSR count). The summed E-state index contributed by atoms with van der Waals surface area (Å²) in [5, 5.41) is 19.7. The van der Waals surface area contributed by atoms with Crippen molar-refractivity contribution in [2.45, 2.75) is 19.5 Å². The van der Waals surface area contributed by atoms with Crippen LogP contribution < -0.4 is 10.6 Å². The first-order chi connectivity index (χ1) is 10.5. The summed E-state index contributed by atoms with van der Waals surface area (Å²) in [6.07, 6.45) is 1.72. The summed E-state index contributed by atoms with van der Waals surface area (Å²) in [6, 6.07) is 6.16. The number of rotatable bonds is 5. The lowest BCUT2D eigenvalue weighted by molar-refractivity contribution is 0.216. The van der Waals surface area contributed by atoms with E-state index >= 15 is 0 Å². The molecule has 0 bridgehead atoms. The molecule has 1 heterocycles. The monoisotopic (exact) mass is 322 g/mol. The smallest absolute Gasteiger partial charge is 0.315 e. The van der Waals surface area contributed by atoms with Crippen LogP contribution in [-0.2, 0) is 13.6 Å². The molecule has 22 heavy (non-hydrogen) atoms. The van der Waals surface area contributed by atoms with Gasteiger partial charge in [0.2, 0.25) is 0 Å². The van der Waals surface area contributed by atoms with Gasteiger partial charge in [-0.3, -0.25) is 4.68 Å². The van der Waals surface area contributed by atoms with Gasteiger partial charge in [0, 0.05) is 29.9 Å². The average molecular weight is 323 g/mol. The Morgan fingerprint density at radius 3 is 2.64 bits per heavy atom. The number of nitrogens with one attached hydrogen (secondary N) is 2. The lowest BCUT2D eigenvalue weighted by atomic mass is 10.1. The molecule has 0 saturated carbocycles. The van der Waals surface area contributed by atoms with Crippen molar-refractivity contribution in [3.63, 3.8) is 0 Å². The van der Waals surface area contributed by atoms with Crippen molar-refractivity contribution in [1.82, 2.24) is 20.4 Å². The maximum Gasteiger partial charge on any atom is 0.315 e. The zero-order valence-corrected chi connectivity index (χ0v) is 13.3. The van der Waals surface area contributed by atoms with Gasteiger partial charge in [0.15, 0.2) is 0 Å². The number of hydrogen-bond acceptors (Lipinski definition) is 3. The molecule has 0 aliphatic heterocycles. The molecule has 6 nitrogen and oxygen atoms in total. The predicted octanol–water partition coefficient (Wildman–Crippen LogP) is 1.91. The molecule has 7 heteroatoms. The number of amides is 2. The van der Waals surface area contributed by atoms with Crippen molar-refractivity contribution in [2.24, 2.45) is 7.05 Å². The zero-order valence-electron chi connectivity index (χ0n) is 12.5. The molecule has 0 radical (unpaired) electrons. The summed E-state index contributed by atoms with van der Waals surface area (Å²) in [5.41, 5.74) is 2.74. The Morgan fingerprint density at radius 2 is 2.09 bits per heavy atom. The van der Waals surface area contributed by atoms with Crippen molar-refractivity contribution in [3.8, 4) is 0 Å². The van der Waals surface area contributed by atoms with Crippen LogP contribution in [0.5, 0.6) is 0 Å². The fourth-order valence-electron chi connectivity index (χ4n) is 2.03. The number of aromatic nitrogens is 2. The first-order valence-electron chi connectivity index (χ1n) is 6.89. The van der Waals surface area contributed by atoms with E-state index in [9.17, 15) is 9.90 Å². The van der Waals surface area contributed by atoms with Gasteiger partial charge in [-0.15, -0.1) is 0 Å². The number of urea groups is 1. The lowest BCUT2D eigenvalue weighted by Gasteiger charge is -2.17. The number of benzene rings is 1. The van der Waals surface area contributed by atoms with Gasteiger partial charge in [0.05, 0.1) is 18.8 Å². The van der Waals surface area contributed by atoms with E-state index in [2.05, 4.69) is 15.7 Å². The van der Waals surface area contributed by atoms with E-state index in [1.54, 1.807) is 35.1 Å². The largest absolute Gasteiger partial charge is 0.394 e. The molecule has 1 aromatic heterocycles. The number of halogens is 1. The van der Waals surface area contributed by atoms with E-state index in [0.29, 0.717) is 11.6 Å². The first-order valence-corrected chi connectivity index (χ1v) is 7.27. The molecular weight excluding hydrogens is 304 g/mol. The van der Waals surface area contributed by atoms with Gasteiger partial charge in [-0.05, 0) is 24.6 Å². The van der Waals surface area contributed by atoms with Crippen LogP contribution in [0.25, 0.3) is 0 Å². The van der Waals surface area contributed by atoms with Gasteiger partial charge in [-0.2, -0.15) is 5.10 Å². The van der Waals surface area contributed by atoms with Crippen LogP contribution in [0.15, 0.2) is 30.5 Å². The number of aliphatic hydroxyl groups is 1. The Hall–Kier alpha value is -2.05. The van der Waals surface area contributed by atoms with Crippen molar-refractivity contribution in [2.75, 3.05) is 6.61 Å². The molecular formula is C15H19ClN4O2. The molecule has 1 unspecified atom stereocenters. The minimum absolute atomic E-state index is 0.193. The summed E-state index contributed by atoms with van der Waals surface area (Å²) in [6.45, 7) is 2.12. The molecule has 0 saturated heterocycles. The van der Waals surface area contributed by atoms with Crippen LogP contribution in [-0.4, -0.2) is 27.5 Å². The maximum absolute atomic E-state index is 12.0. The summed E-state index contributed by atoms with van der Waals surface area (Å²) in [4.78, 5) is 12.0. The van der Waals surface area contributed by atoms with Crippen LogP contribution in [0.2, 0.25) is 5.02 Å².